The van der Waals surface area contributed by atoms with Crippen molar-refractivity contribution in [2.24, 2.45) is 0 Å². The minimum Gasteiger partial charge on any atom is -0.497 e. The number of benzene rings is 1. The highest BCUT2D eigenvalue weighted by atomic mass is 16.5. The van der Waals surface area contributed by atoms with E-state index < -0.39 is 0 Å². The molecule has 1 N–H and O–H groups in total. The third-order valence-electron chi connectivity index (χ3n) is 3.47. The molecule has 3 nitrogen and oxygen atoms in total. The van der Waals surface area contributed by atoms with Gasteiger partial charge in [-0.2, -0.15) is 0 Å². The Bertz CT molecular complexity index is 537. The molecule has 2 rings (SSSR count). The van der Waals surface area contributed by atoms with E-state index in [9.17, 15) is 5.11 Å². The molecular weight excluding hydrogens is 250 g/mol. The molecule has 0 amide bonds. The number of hydrogen-bond acceptors (Lipinski definition) is 3. The van der Waals surface area contributed by atoms with Crippen LogP contribution in [0.1, 0.15) is 23.2 Å². The molecule has 3 heteroatoms. The average molecular weight is 271 g/mol. The van der Waals surface area contributed by atoms with Gasteiger partial charge in [0.05, 0.1) is 13.2 Å². The first-order valence-electron chi connectivity index (χ1n) is 6.90. The normalized spacial score (nSPS) is 12.2. The van der Waals surface area contributed by atoms with Crippen molar-refractivity contribution < 1.29 is 9.84 Å². The first-order chi connectivity index (χ1) is 9.69. The smallest absolute Gasteiger partial charge is 0.118 e. The van der Waals surface area contributed by atoms with Crippen LogP contribution in [0, 0.1) is 6.92 Å². The molecule has 1 heterocycles. The molecular formula is C17H21NO2. The lowest BCUT2D eigenvalue weighted by Gasteiger charge is -2.12. The van der Waals surface area contributed by atoms with Gasteiger partial charge in [-0.25, -0.2) is 0 Å². The largest absolute Gasteiger partial charge is 0.497 e. The highest BCUT2D eigenvalue weighted by molar-refractivity contribution is 5.27. The number of methoxy groups -OCH3 is 1. The van der Waals surface area contributed by atoms with Crippen molar-refractivity contribution in [3.05, 3.63) is 59.4 Å². The Hall–Kier alpha value is -1.87. The maximum Gasteiger partial charge on any atom is 0.118 e. The van der Waals surface area contributed by atoms with E-state index in [2.05, 4.69) is 4.98 Å². The number of aryl methyl sites for hydroxylation is 2. The van der Waals surface area contributed by atoms with Crippen LogP contribution in [-0.2, 0) is 12.8 Å². The predicted octanol–water partition coefficient (Wildman–Crippen LogP) is 2.93. The van der Waals surface area contributed by atoms with E-state index in [1.54, 1.807) is 13.3 Å². The van der Waals surface area contributed by atoms with Crippen LogP contribution in [0.4, 0.5) is 0 Å². The summed E-state index contributed by atoms with van der Waals surface area (Å²) in [4.78, 5) is 4.32. The molecule has 0 aliphatic carbocycles. The number of rotatable bonds is 6. The van der Waals surface area contributed by atoms with Crippen LogP contribution in [0.5, 0.6) is 5.75 Å². The molecule has 0 aliphatic rings. The Morgan fingerprint density at radius 3 is 2.60 bits per heavy atom. The number of aliphatic hydroxyl groups excluding tert-OH is 1. The molecule has 106 valence electrons. The van der Waals surface area contributed by atoms with E-state index >= 15 is 0 Å². The molecule has 2 aromatic rings. The van der Waals surface area contributed by atoms with Crippen LogP contribution >= 0.6 is 0 Å². The van der Waals surface area contributed by atoms with Crippen molar-refractivity contribution in [2.45, 2.75) is 32.3 Å². The molecule has 1 atom stereocenters. The van der Waals surface area contributed by atoms with E-state index in [0.717, 1.165) is 29.8 Å². The molecule has 1 aromatic carbocycles. The van der Waals surface area contributed by atoms with Crippen molar-refractivity contribution in [1.82, 2.24) is 4.98 Å². The number of aromatic nitrogens is 1. The predicted molar refractivity (Wildman–Crippen MR) is 80.0 cm³/mol. The first kappa shape index (κ1) is 14.5. The molecule has 0 spiro atoms. The lowest BCUT2D eigenvalue weighted by Crippen LogP contribution is -2.13. The summed E-state index contributed by atoms with van der Waals surface area (Å²) in [5.74, 6) is 0.860. The number of ether oxygens (including phenoxy) is 1. The van der Waals surface area contributed by atoms with E-state index in [1.165, 1.54) is 5.56 Å². The van der Waals surface area contributed by atoms with Crippen LogP contribution in [0.2, 0.25) is 0 Å². The van der Waals surface area contributed by atoms with Crippen molar-refractivity contribution >= 4 is 0 Å². The third-order valence-corrected chi connectivity index (χ3v) is 3.47. The molecule has 0 saturated carbocycles. The zero-order valence-electron chi connectivity index (χ0n) is 12.0. The Kier molecular flexibility index (Phi) is 5.13. The average Bonchev–Trinajstić information content (AvgIpc) is 2.48. The van der Waals surface area contributed by atoms with Crippen LogP contribution in [0.3, 0.4) is 0 Å². The van der Waals surface area contributed by atoms with Gasteiger partial charge in [-0.3, -0.25) is 4.98 Å². The number of aliphatic hydroxyl groups is 1. The molecule has 0 bridgehead atoms. The fourth-order valence-corrected chi connectivity index (χ4v) is 2.18. The summed E-state index contributed by atoms with van der Waals surface area (Å²) >= 11 is 0. The van der Waals surface area contributed by atoms with Gasteiger partial charge in [0.25, 0.3) is 0 Å². The molecule has 0 saturated heterocycles. The fraction of sp³-hybridized carbons (Fsp3) is 0.353. The van der Waals surface area contributed by atoms with E-state index in [0.29, 0.717) is 6.42 Å². The second kappa shape index (κ2) is 7.06. The summed E-state index contributed by atoms with van der Waals surface area (Å²) in [6.45, 7) is 2.03. The van der Waals surface area contributed by atoms with Gasteiger partial charge in [0, 0.05) is 18.3 Å². The van der Waals surface area contributed by atoms with Crippen LogP contribution in [-0.4, -0.2) is 23.3 Å². The molecule has 1 aromatic heterocycles. The molecule has 20 heavy (non-hydrogen) atoms. The van der Waals surface area contributed by atoms with Gasteiger partial charge in [-0.15, -0.1) is 0 Å². The van der Waals surface area contributed by atoms with Gasteiger partial charge in [0.1, 0.15) is 5.75 Å². The summed E-state index contributed by atoms with van der Waals surface area (Å²) in [5, 5.41) is 10.1. The summed E-state index contributed by atoms with van der Waals surface area (Å²) in [5.41, 5.74) is 3.33. The third kappa shape index (κ3) is 4.07. The van der Waals surface area contributed by atoms with E-state index in [-0.39, 0.29) is 6.10 Å². The molecule has 0 aliphatic heterocycles. The molecule has 1 unspecified atom stereocenters. The molecule has 0 radical (unpaired) electrons. The summed E-state index contributed by atoms with van der Waals surface area (Å²) in [7, 11) is 1.66. The van der Waals surface area contributed by atoms with Crippen molar-refractivity contribution in [3.8, 4) is 5.75 Å². The van der Waals surface area contributed by atoms with Gasteiger partial charge in [-0.1, -0.05) is 18.2 Å². The lowest BCUT2D eigenvalue weighted by molar-refractivity contribution is 0.164. The van der Waals surface area contributed by atoms with E-state index in [4.69, 9.17) is 4.74 Å². The van der Waals surface area contributed by atoms with E-state index in [1.807, 2.05) is 43.3 Å². The Labute approximate surface area is 120 Å². The Morgan fingerprint density at radius 1 is 1.20 bits per heavy atom. The van der Waals surface area contributed by atoms with Crippen molar-refractivity contribution in [2.75, 3.05) is 7.11 Å². The molecule has 0 fully saturated rings. The number of nitrogens with zero attached hydrogens (tertiary/aromatic N) is 1. The number of hydrogen-bond donors (Lipinski definition) is 1. The highest BCUT2D eigenvalue weighted by Gasteiger charge is 2.09. The zero-order chi connectivity index (χ0) is 14.4. The van der Waals surface area contributed by atoms with Crippen LogP contribution in [0.15, 0.2) is 42.6 Å². The summed E-state index contributed by atoms with van der Waals surface area (Å²) < 4.78 is 5.13. The van der Waals surface area contributed by atoms with Gasteiger partial charge in [0.2, 0.25) is 0 Å². The quantitative estimate of drug-likeness (QED) is 0.878. The maximum atomic E-state index is 10.1. The van der Waals surface area contributed by atoms with Gasteiger partial charge in [0.15, 0.2) is 0 Å². The van der Waals surface area contributed by atoms with Crippen molar-refractivity contribution in [1.29, 1.82) is 0 Å². The van der Waals surface area contributed by atoms with Crippen molar-refractivity contribution in [3.63, 3.8) is 0 Å². The highest BCUT2D eigenvalue weighted by Crippen LogP contribution is 2.15. The maximum absolute atomic E-state index is 10.1. The minimum absolute atomic E-state index is 0.356. The number of pyridine rings is 1. The summed E-state index contributed by atoms with van der Waals surface area (Å²) in [6.07, 6.45) is 3.63. The summed E-state index contributed by atoms with van der Waals surface area (Å²) in [6, 6.07) is 11.9. The Morgan fingerprint density at radius 2 is 1.95 bits per heavy atom. The Balaban J connectivity index is 1.85. The first-order valence-corrected chi connectivity index (χ1v) is 6.90. The second-order valence-corrected chi connectivity index (χ2v) is 5.01. The van der Waals surface area contributed by atoms with Gasteiger partial charge >= 0.3 is 0 Å². The SMILES string of the molecule is COc1ccc(CCC(O)Cc2ncccc2C)cc1. The van der Waals surface area contributed by atoms with Crippen LogP contribution in [0.25, 0.3) is 0 Å². The van der Waals surface area contributed by atoms with Gasteiger partial charge in [-0.05, 0) is 49.1 Å². The van der Waals surface area contributed by atoms with Crippen LogP contribution < -0.4 is 4.74 Å². The minimum atomic E-state index is -0.356. The zero-order valence-corrected chi connectivity index (χ0v) is 12.0. The topological polar surface area (TPSA) is 42.4 Å². The standard InChI is InChI=1S/C17H21NO2/c1-13-4-3-11-18-17(13)12-15(19)8-5-14-6-9-16(20-2)10-7-14/h3-4,6-7,9-11,15,19H,5,8,12H2,1-2H3. The fourth-order valence-electron chi connectivity index (χ4n) is 2.18. The lowest BCUT2D eigenvalue weighted by atomic mass is 10.0. The second-order valence-electron chi connectivity index (χ2n) is 5.01. The van der Waals surface area contributed by atoms with Gasteiger partial charge < -0.3 is 9.84 Å². The monoisotopic (exact) mass is 271 g/mol.